The van der Waals surface area contributed by atoms with Gasteiger partial charge in [-0.15, -0.1) is 0 Å². The molecule has 1 saturated heterocycles. The van der Waals surface area contributed by atoms with Gasteiger partial charge < -0.3 is 15.1 Å². The minimum Gasteiger partial charge on any atom is -0.508 e. The Morgan fingerprint density at radius 1 is 0.960 bits per heavy atom. The van der Waals surface area contributed by atoms with Gasteiger partial charge in [0.2, 0.25) is 0 Å². The van der Waals surface area contributed by atoms with Crippen molar-refractivity contribution in [3.05, 3.63) is 65.7 Å². The fourth-order valence-electron chi connectivity index (χ4n) is 4.02. The fraction of sp³-hybridized carbons (Fsp3) is 0.455. The quantitative estimate of drug-likeness (QED) is 0.826. The van der Waals surface area contributed by atoms with Crippen molar-refractivity contribution in [3.8, 4) is 5.75 Å². The molecule has 1 aliphatic rings. The van der Waals surface area contributed by atoms with Crippen molar-refractivity contribution in [2.75, 3.05) is 19.6 Å². The van der Waals surface area contributed by atoms with E-state index in [0.29, 0.717) is 6.42 Å². The van der Waals surface area contributed by atoms with Crippen molar-refractivity contribution in [1.82, 2.24) is 4.90 Å². The maximum atomic E-state index is 11.7. The highest BCUT2D eigenvalue weighted by Crippen LogP contribution is 2.41. The van der Waals surface area contributed by atoms with Gasteiger partial charge in [0, 0.05) is 12.5 Å². The molecule has 2 aromatic carbocycles. The van der Waals surface area contributed by atoms with Crippen LogP contribution in [0.1, 0.15) is 49.7 Å². The molecular formula is C22H29NO2. The van der Waals surface area contributed by atoms with Gasteiger partial charge in [0.05, 0.1) is 5.60 Å². The van der Waals surface area contributed by atoms with E-state index in [4.69, 9.17) is 0 Å². The average Bonchev–Trinajstić information content (AvgIpc) is 2.67. The number of likely N-dealkylation sites (tertiary alicyclic amines) is 1. The molecular weight excluding hydrogens is 310 g/mol. The second-order valence-electron chi connectivity index (χ2n) is 7.15. The molecule has 0 spiro atoms. The molecule has 1 fully saturated rings. The molecule has 1 heterocycles. The normalized spacial score (nSPS) is 19.3. The third-order valence-corrected chi connectivity index (χ3v) is 5.57. The Labute approximate surface area is 150 Å². The van der Waals surface area contributed by atoms with Crippen LogP contribution in [0.3, 0.4) is 0 Å². The lowest BCUT2D eigenvalue weighted by Gasteiger charge is -2.40. The summed E-state index contributed by atoms with van der Waals surface area (Å²) in [5, 5.41) is 21.3. The summed E-state index contributed by atoms with van der Waals surface area (Å²) in [4.78, 5) is 2.49. The van der Waals surface area contributed by atoms with Gasteiger partial charge in [0.1, 0.15) is 5.75 Å². The van der Waals surface area contributed by atoms with E-state index in [1.807, 2.05) is 37.3 Å². The van der Waals surface area contributed by atoms with Gasteiger partial charge in [-0.2, -0.15) is 0 Å². The first kappa shape index (κ1) is 18.0. The zero-order valence-electron chi connectivity index (χ0n) is 15.1. The molecule has 2 N–H and O–H groups in total. The van der Waals surface area contributed by atoms with Crippen LogP contribution < -0.4 is 0 Å². The van der Waals surface area contributed by atoms with Gasteiger partial charge in [0.25, 0.3) is 0 Å². The molecule has 0 aliphatic carbocycles. The Bertz CT molecular complexity index is 649. The number of phenols is 1. The number of hydrogen-bond donors (Lipinski definition) is 2. The number of benzene rings is 2. The molecule has 0 aromatic heterocycles. The topological polar surface area (TPSA) is 43.7 Å². The molecule has 1 aliphatic heterocycles. The highest BCUT2D eigenvalue weighted by atomic mass is 16.3. The Balaban J connectivity index is 1.96. The van der Waals surface area contributed by atoms with Crippen LogP contribution in [0.2, 0.25) is 0 Å². The van der Waals surface area contributed by atoms with Crippen molar-refractivity contribution >= 4 is 0 Å². The summed E-state index contributed by atoms with van der Waals surface area (Å²) in [6.07, 6.45) is 4.42. The summed E-state index contributed by atoms with van der Waals surface area (Å²) >= 11 is 0. The number of nitrogens with zero attached hydrogens (tertiary/aromatic N) is 1. The summed E-state index contributed by atoms with van der Waals surface area (Å²) in [5.74, 6) is 0.232. The molecule has 3 heteroatoms. The predicted molar refractivity (Wildman–Crippen MR) is 102 cm³/mol. The molecule has 3 rings (SSSR count). The highest BCUT2D eigenvalue weighted by Gasteiger charge is 2.39. The lowest BCUT2D eigenvalue weighted by Crippen LogP contribution is -2.42. The summed E-state index contributed by atoms with van der Waals surface area (Å²) in [6.45, 7) is 5.12. The molecule has 2 atom stereocenters. The van der Waals surface area contributed by atoms with Crippen LogP contribution in [0.5, 0.6) is 5.75 Å². The zero-order valence-corrected chi connectivity index (χ0v) is 15.1. The van der Waals surface area contributed by atoms with E-state index in [9.17, 15) is 10.2 Å². The first-order chi connectivity index (χ1) is 12.1. The van der Waals surface area contributed by atoms with Gasteiger partial charge in [-0.05, 0) is 55.6 Å². The third-order valence-electron chi connectivity index (χ3n) is 5.57. The van der Waals surface area contributed by atoms with E-state index < -0.39 is 5.60 Å². The van der Waals surface area contributed by atoms with E-state index in [0.717, 1.165) is 25.2 Å². The minimum absolute atomic E-state index is 0.00124. The number of hydrogen-bond acceptors (Lipinski definition) is 3. The first-order valence-corrected chi connectivity index (χ1v) is 9.42. The van der Waals surface area contributed by atoms with Crippen LogP contribution >= 0.6 is 0 Å². The van der Waals surface area contributed by atoms with Crippen LogP contribution in [0.15, 0.2) is 54.6 Å². The van der Waals surface area contributed by atoms with Crippen molar-refractivity contribution in [2.24, 2.45) is 0 Å². The second kappa shape index (κ2) is 8.03. The number of piperidine rings is 1. The average molecular weight is 339 g/mol. The van der Waals surface area contributed by atoms with Gasteiger partial charge in [-0.25, -0.2) is 0 Å². The van der Waals surface area contributed by atoms with E-state index >= 15 is 0 Å². The molecule has 25 heavy (non-hydrogen) atoms. The number of rotatable bonds is 6. The minimum atomic E-state index is -0.952. The number of aliphatic hydroxyl groups is 1. The molecule has 0 bridgehead atoms. The summed E-state index contributed by atoms with van der Waals surface area (Å²) in [6, 6.07) is 17.4. The molecule has 0 unspecified atom stereocenters. The maximum absolute atomic E-state index is 11.7. The zero-order chi connectivity index (χ0) is 17.7. The van der Waals surface area contributed by atoms with E-state index in [1.165, 1.54) is 24.8 Å². The largest absolute Gasteiger partial charge is 0.508 e. The smallest absolute Gasteiger partial charge is 0.115 e. The third kappa shape index (κ3) is 4.05. The first-order valence-electron chi connectivity index (χ1n) is 9.42. The van der Waals surface area contributed by atoms with E-state index in [1.54, 1.807) is 12.1 Å². The SMILES string of the molecule is CC[C@@](O)(c1ccc(O)cc1)[C@@H](CN1CCCCC1)c1ccccc1. The van der Waals surface area contributed by atoms with E-state index in [-0.39, 0.29) is 11.7 Å². The molecule has 0 radical (unpaired) electrons. The highest BCUT2D eigenvalue weighted by molar-refractivity contribution is 5.35. The predicted octanol–water partition coefficient (Wildman–Crippen LogP) is 4.26. The molecule has 0 amide bonds. The van der Waals surface area contributed by atoms with Gasteiger partial charge in [-0.1, -0.05) is 55.8 Å². The fourth-order valence-corrected chi connectivity index (χ4v) is 4.02. The second-order valence-corrected chi connectivity index (χ2v) is 7.15. The van der Waals surface area contributed by atoms with Crippen LogP contribution in [0, 0.1) is 0 Å². The van der Waals surface area contributed by atoms with Crippen LogP contribution in [0.25, 0.3) is 0 Å². The van der Waals surface area contributed by atoms with Gasteiger partial charge in [-0.3, -0.25) is 0 Å². The van der Waals surface area contributed by atoms with Crippen molar-refractivity contribution in [2.45, 2.75) is 44.1 Å². The molecule has 3 nitrogen and oxygen atoms in total. The number of aromatic hydroxyl groups is 1. The van der Waals surface area contributed by atoms with Crippen molar-refractivity contribution in [3.63, 3.8) is 0 Å². The van der Waals surface area contributed by atoms with Crippen molar-refractivity contribution < 1.29 is 10.2 Å². The van der Waals surface area contributed by atoms with Gasteiger partial charge >= 0.3 is 0 Å². The Morgan fingerprint density at radius 3 is 2.20 bits per heavy atom. The van der Waals surface area contributed by atoms with Gasteiger partial charge in [0.15, 0.2) is 0 Å². The molecule has 0 saturated carbocycles. The molecule has 2 aromatic rings. The lowest BCUT2D eigenvalue weighted by molar-refractivity contribution is -0.0105. The Morgan fingerprint density at radius 2 is 1.60 bits per heavy atom. The molecule has 134 valence electrons. The summed E-state index contributed by atoms with van der Waals surface area (Å²) < 4.78 is 0. The monoisotopic (exact) mass is 339 g/mol. The van der Waals surface area contributed by atoms with Crippen LogP contribution in [0.4, 0.5) is 0 Å². The number of phenolic OH excluding ortho intramolecular Hbond substituents is 1. The lowest BCUT2D eigenvalue weighted by atomic mass is 9.75. The summed E-state index contributed by atoms with van der Waals surface area (Å²) in [5.41, 5.74) is 1.09. The van der Waals surface area contributed by atoms with Crippen LogP contribution in [-0.2, 0) is 5.60 Å². The summed E-state index contributed by atoms with van der Waals surface area (Å²) in [7, 11) is 0. The van der Waals surface area contributed by atoms with Crippen LogP contribution in [-0.4, -0.2) is 34.7 Å². The Hall–Kier alpha value is -1.84. The Kier molecular flexibility index (Phi) is 5.77. The van der Waals surface area contributed by atoms with Crippen molar-refractivity contribution in [1.29, 1.82) is 0 Å². The standard InChI is InChI=1S/C22H29NO2/c1-2-22(25,19-11-13-20(24)14-12-19)21(18-9-5-3-6-10-18)17-23-15-7-4-8-16-23/h3,5-6,9-14,21,24-25H,2,4,7-8,15-17H2,1H3/t21-,22+/m0/s1. The maximum Gasteiger partial charge on any atom is 0.115 e. The van der Waals surface area contributed by atoms with E-state index in [2.05, 4.69) is 17.0 Å².